The molecule has 13 nitrogen and oxygen atoms in total. The second-order valence-corrected chi connectivity index (χ2v) is 12.3. The minimum atomic E-state index is -0.119. The summed E-state index contributed by atoms with van der Waals surface area (Å²) in [5.41, 5.74) is 0. The Morgan fingerprint density at radius 1 is 0.400 bits per heavy atom. The third kappa shape index (κ3) is 40.5. The van der Waals surface area contributed by atoms with E-state index in [1.807, 2.05) is 6.92 Å². The lowest BCUT2D eigenvalue weighted by Gasteiger charge is -2.13. The summed E-state index contributed by atoms with van der Waals surface area (Å²) >= 11 is 2.42. The predicted octanol–water partition coefficient (Wildman–Crippen LogP) is 4.92. The number of alkyl halides is 1. The van der Waals surface area contributed by atoms with Gasteiger partial charge in [0.05, 0.1) is 145 Å². The van der Waals surface area contributed by atoms with Crippen LogP contribution in [0.1, 0.15) is 65.2 Å². The molecule has 0 heterocycles. The van der Waals surface area contributed by atoms with E-state index < -0.39 is 0 Å². The average Bonchev–Trinajstić information content (AvgIpc) is 3.13. The lowest BCUT2D eigenvalue weighted by Crippen LogP contribution is -2.20. The van der Waals surface area contributed by atoms with Crippen molar-refractivity contribution in [1.29, 1.82) is 0 Å². The highest BCUT2D eigenvalue weighted by Crippen LogP contribution is 2.14. The first-order chi connectivity index (χ1) is 24.8. The zero-order valence-electron chi connectivity index (χ0n) is 31.4. The molecule has 0 fully saturated rings. The number of ether oxygens (including phenoxy) is 12. The topological polar surface area (TPSA) is 128 Å². The van der Waals surface area contributed by atoms with Gasteiger partial charge in [-0.15, -0.1) is 0 Å². The number of esters is 1. The van der Waals surface area contributed by atoms with Crippen LogP contribution >= 0.6 is 22.6 Å². The van der Waals surface area contributed by atoms with Crippen LogP contribution in [0.3, 0.4) is 0 Å². The largest absolute Gasteiger partial charge is 0.463 e. The number of hydrogen-bond acceptors (Lipinski definition) is 13. The van der Waals surface area contributed by atoms with Crippen LogP contribution in [0.25, 0.3) is 0 Å². The molecular weight excluding hydrogens is 767 g/mol. The fraction of sp³-hybridized carbons (Fsp3) is 0.972. The SMILES string of the molecule is CCCCC(CC)C(=O)OCCOCCOCCOCCOCCOCCOCCOCCOCCOCCOCCOCCCCCCI. The van der Waals surface area contributed by atoms with Crippen LogP contribution in [-0.2, 0) is 61.6 Å². The Kier molecular flexibility index (Phi) is 44.7. The number of hydrogen-bond donors (Lipinski definition) is 0. The van der Waals surface area contributed by atoms with Crippen molar-refractivity contribution in [2.45, 2.75) is 65.2 Å². The van der Waals surface area contributed by atoms with Gasteiger partial charge in [-0.2, -0.15) is 0 Å². The monoisotopic (exact) mass is 838 g/mol. The van der Waals surface area contributed by atoms with E-state index in [9.17, 15) is 4.79 Å². The van der Waals surface area contributed by atoms with Gasteiger partial charge in [-0.25, -0.2) is 0 Å². The summed E-state index contributed by atoms with van der Waals surface area (Å²) in [6.45, 7) is 16.0. The highest BCUT2D eigenvalue weighted by atomic mass is 127. The maximum Gasteiger partial charge on any atom is 0.308 e. The van der Waals surface area contributed by atoms with Crippen LogP contribution in [0.5, 0.6) is 0 Å². The number of carbonyl (C=O) groups is 1. The van der Waals surface area contributed by atoms with Gasteiger partial charge >= 0.3 is 5.97 Å². The van der Waals surface area contributed by atoms with Crippen molar-refractivity contribution in [3.8, 4) is 0 Å². The fourth-order valence-electron chi connectivity index (χ4n) is 4.21. The first-order valence-corrected chi connectivity index (χ1v) is 20.4. The van der Waals surface area contributed by atoms with E-state index in [1.54, 1.807) is 0 Å². The van der Waals surface area contributed by atoms with Gasteiger partial charge < -0.3 is 56.8 Å². The third-order valence-electron chi connectivity index (χ3n) is 7.10. The zero-order valence-corrected chi connectivity index (χ0v) is 33.5. The standard InChI is InChI=1S/C36H71IO13/c1-3-5-10-35(4-2)36(38)50-34-33-49-32-31-48-30-29-47-28-27-46-26-25-45-24-23-44-22-21-43-20-19-42-18-17-41-16-15-40-14-13-39-12-9-7-6-8-11-37/h35H,3-34H2,1-2H3. The van der Waals surface area contributed by atoms with E-state index in [2.05, 4.69) is 29.5 Å². The molecule has 50 heavy (non-hydrogen) atoms. The maximum absolute atomic E-state index is 12.0. The van der Waals surface area contributed by atoms with Crippen molar-refractivity contribution in [3.63, 3.8) is 0 Å². The van der Waals surface area contributed by atoms with Crippen molar-refractivity contribution in [3.05, 3.63) is 0 Å². The molecule has 0 spiro atoms. The normalized spacial score (nSPS) is 12.1. The van der Waals surface area contributed by atoms with E-state index in [0.29, 0.717) is 139 Å². The molecule has 0 N–H and O–H groups in total. The summed E-state index contributed by atoms with van der Waals surface area (Å²) in [5, 5.41) is 0. The molecule has 14 heteroatoms. The fourth-order valence-corrected chi connectivity index (χ4v) is 4.75. The van der Waals surface area contributed by atoms with E-state index in [0.717, 1.165) is 38.7 Å². The van der Waals surface area contributed by atoms with E-state index >= 15 is 0 Å². The predicted molar refractivity (Wildman–Crippen MR) is 201 cm³/mol. The van der Waals surface area contributed by atoms with E-state index in [1.165, 1.54) is 23.7 Å². The van der Waals surface area contributed by atoms with Crippen molar-refractivity contribution in [2.75, 3.05) is 156 Å². The van der Waals surface area contributed by atoms with Crippen molar-refractivity contribution in [2.24, 2.45) is 5.92 Å². The Morgan fingerprint density at radius 3 is 1.00 bits per heavy atom. The molecule has 0 aromatic heterocycles. The number of carbonyl (C=O) groups excluding carboxylic acids is 1. The summed E-state index contributed by atoms with van der Waals surface area (Å²) in [7, 11) is 0. The second kappa shape index (κ2) is 44.9. The molecule has 0 aliphatic rings. The van der Waals surface area contributed by atoms with Gasteiger partial charge in [0.15, 0.2) is 0 Å². The third-order valence-corrected chi connectivity index (χ3v) is 7.86. The van der Waals surface area contributed by atoms with Gasteiger partial charge in [-0.1, -0.05) is 62.1 Å². The molecule has 0 amide bonds. The lowest BCUT2D eigenvalue weighted by atomic mass is 10.00. The molecule has 0 aliphatic heterocycles. The van der Waals surface area contributed by atoms with Gasteiger partial charge in [0, 0.05) is 6.61 Å². The van der Waals surface area contributed by atoms with Gasteiger partial charge in [0.2, 0.25) is 0 Å². The summed E-state index contributed by atoms with van der Waals surface area (Å²) in [6, 6.07) is 0. The molecule has 0 bridgehead atoms. The average molecular weight is 839 g/mol. The lowest BCUT2D eigenvalue weighted by molar-refractivity contribution is -0.150. The van der Waals surface area contributed by atoms with Crippen LogP contribution in [0.15, 0.2) is 0 Å². The molecule has 0 radical (unpaired) electrons. The second-order valence-electron chi connectivity index (χ2n) is 11.3. The Bertz CT molecular complexity index is 651. The van der Waals surface area contributed by atoms with Crippen LogP contribution in [0.2, 0.25) is 0 Å². The van der Waals surface area contributed by atoms with E-state index in [4.69, 9.17) is 56.8 Å². The van der Waals surface area contributed by atoms with Gasteiger partial charge in [-0.3, -0.25) is 4.79 Å². The highest BCUT2D eigenvalue weighted by molar-refractivity contribution is 14.1. The minimum Gasteiger partial charge on any atom is -0.463 e. The van der Waals surface area contributed by atoms with Crippen LogP contribution in [0.4, 0.5) is 0 Å². The molecule has 0 aromatic rings. The first-order valence-electron chi connectivity index (χ1n) is 18.8. The molecule has 0 aromatic carbocycles. The smallest absolute Gasteiger partial charge is 0.308 e. The van der Waals surface area contributed by atoms with Gasteiger partial charge in [-0.05, 0) is 30.1 Å². The van der Waals surface area contributed by atoms with Crippen LogP contribution < -0.4 is 0 Å². The van der Waals surface area contributed by atoms with Crippen LogP contribution in [-0.4, -0.2) is 162 Å². The first kappa shape index (κ1) is 49.8. The molecule has 1 atom stereocenters. The summed E-state index contributed by atoms with van der Waals surface area (Å²) < 4.78 is 67.0. The summed E-state index contributed by atoms with van der Waals surface area (Å²) in [5.74, 6) is -0.121. The summed E-state index contributed by atoms with van der Waals surface area (Å²) in [4.78, 5) is 12.0. The molecule has 300 valence electrons. The number of halogens is 1. The highest BCUT2D eigenvalue weighted by Gasteiger charge is 2.16. The van der Waals surface area contributed by atoms with Crippen LogP contribution in [0, 0.1) is 5.92 Å². The molecular formula is C36H71IO13. The van der Waals surface area contributed by atoms with Crippen molar-refractivity contribution in [1.82, 2.24) is 0 Å². The molecule has 0 rings (SSSR count). The van der Waals surface area contributed by atoms with E-state index in [-0.39, 0.29) is 18.5 Å². The number of rotatable bonds is 44. The summed E-state index contributed by atoms with van der Waals surface area (Å²) in [6.07, 6.45) is 8.81. The Labute approximate surface area is 316 Å². The van der Waals surface area contributed by atoms with Crippen molar-refractivity contribution >= 4 is 28.6 Å². The molecule has 0 aliphatic carbocycles. The number of unbranched alkanes of at least 4 members (excludes halogenated alkanes) is 4. The Balaban J connectivity index is 3.13. The van der Waals surface area contributed by atoms with Crippen molar-refractivity contribution < 1.29 is 61.6 Å². The molecule has 1 unspecified atom stereocenters. The Morgan fingerprint density at radius 2 is 0.700 bits per heavy atom. The van der Waals surface area contributed by atoms with Gasteiger partial charge in [0.1, 0.15) is 6.61 Å². The molecule has 0 saturated heterocycles. The quantitative estimate of drug-likeness (QED) is 0.0357. The maximum atomic E-state index is 12.0. The Hall–Kier alpha value is -0.240. The zero-order chi connectivity index (χ0) is 36.3. The van der Waals surface area contributed by atoms with Gasteiger partial charge in [0.25, 0.3) is 0 Å². The minimum absolute atomic E-state index is 0.00274. The molecule has 0 saturated carbocycles.